The van der Waals surface area contributed by atoms with E-state index < -0.39 is 37.9 Å². The fraction of sp³-hybridized carbons (Fsp3) is 0.0417. The van der Waals surface area contributed by atoms with E-state index in [1.165, 1.54) is 35.9 Å². The van der Waals surface area contributed by atoms with E-state index in [1.807, 2.05) is 4.72 Å². The van der Waals surface area contributed by atoms with Gasteiger partial charge >= 0.3 is 5.69 Å². The van der Waals surface area contributed by atoms with E-state index in [-0.39, 0.29) is 32.7 Å². The summed E-state index contributed by atoms with van der Waals surface area (Å²) in [6.07, 6.45) is 0. The van der Waals surface area contributed by atoms with Crippen molar-refractivity contribution in [3.8, 4) is 5.69 Å². The van der Waals surface area contributed by atoms with Crippen LogP contribution in [0.2, 0.25) is 5.02 Å². The van der Waals surface area contributed by atoms with Crippen LogP contribution in [-0.2, 0) is 17.1 Å². The number of sulfonamides is 1. The number of aromatic amines is 1. The highest BCUT2D eigenvalue weighted by atomic mass is 79.9. The minimum atomic E-state index is -4.68. The van der Waals surface area contributed by atoms with Gasteiger partial charge in [-0.1, -0.05) is 39.7 Å². The van der Waals surface area contributed by atoms with Gasteiger partial charge in [-0.15, -0.1) is 0 Å². The number of amides is 1. The number of halogens is 3. The first-order valence-electron chi connectivity index (χ1n) is 10.5. The number of hydrogen-bond donors (Lipinski definition) is 2. The third kappa shape index (κ3) is 4.16. The Kier molecular flexibility index (Phi) is 6.05. The molecule has 0 unspecified atom stereocenters. The van der Waals surface area contributed by atoms with Crippen molar-refractivity contribution < 1.29 is 17.6 Å². The molecule has 37 heavy (non-hydrogen) atoms. The summed E-state index contributed by atoms with van der Waals surface area (Å²) < 4.78 is 44.5. The van der Waals surface area contributed by atoms with Crippen LogP contribution in [0.25, 0.3) is 27.5 Å². The van der Waals surface area contributed by atoms with E-state index in [9.17, 15) is 27.2 Å². The number of para-hydroxylation sites is 1. The summed E-state index contributed by atoms with van der Waals surface area (Å²) in [6, 6.07) is 14.1. The van der Waals surface area contributed by atoms with Gasteiger partial charge in [0, 0.05) is 21.9 Å². The van der Waals surface area contributed by atoms with Gasteiger partial charge in [-0.2, -0.15) is 0 Å². The van der Waals surface area contributed by atoms with E-state index >= 15 is 0 Å². The molecule has 0 aliphatic heterocycles. The molecule has 5 aromatic rings. The smallest absolute Gasteiger partial charge is 0.333 e. The number of carbonyl (C=O) groups is 1. The fourth-order valence-corrected chi connectivity index (χ4v) is 5.69. The lowest BCUT2D eigenvalue weighted by atomic mass is 10.2. The molecule has 0 radical (unpaired) electrons. The molecule has 0 spiro atoms. The average Bonchev–Trinajstić information content (AvgIpc) is 3.10. The van der Waals surface area contributed by atoms with Crippen molar-refractivity contribution in [2.45, 2.75) is 4.90 Å². The number of rotatable bonds is 4. The lowest BCUT2D eigenvalue weighted by molar-refractivity contribution is 0.0974. The van der Waals surface area contributed by atoms with Crippen LogP contribution >= 0.6 is 27.5 Å². The summed E-state index contributed by atoms with van der Waals surface area (Å²) >= 11 is 9.24. The van der Waals surface area contributed by atoms with Gasteiger partial charge in [-0.05, 0) is 48.5 Å². The van der Waals surface area contributed by atoms with E-state index in [1.54, 1.807) is 24.3 Å². The van der Waals surface area contributed by atoms with E-state index in [0.29, 0.717) is 9.99 Å². The van der Waals surface area contributed by atoms with E-state index in [2.05, 4.69) is 20.9 Å². The molecule has 2 aromatic heterocycles. The van der Waals surface area contributed by atoms with Crippen molar-refractivity contribution in [1.82, 2.24) is 18.8 Å². The van der Waals surface area contributed by atoms with Gasteiger partial charge in [-0.25, -0.2) is 26.9 Å². The van der Waals surface area contributed by atoms with Gasteiger partial charge in [-0.3, -0.25) is 9.59 Å². The second-order valence-corrected chi connectivity index (χ2v) is 11.0. The first-order valence-corrected chi connectivity index (χ1v) is 13.2. The highest BCUT2D eigenvalue weighted by molar-refractivity contribution is 9.10. The highest BCUT2D eigenvalue weighted by Gasteiger charge is 2.30. The predicted molar refractivity (Wildman–Crippen MR) is 140 cm³/mol. The van der Waals surface area contributed by atoms with Crippen LogP contribution in [0.3, 0.4) is 0 Å². The van der Waals surface area contributed by atoms with Crippen LogP contribution in [0.5, 0.6) is 0 Å². The van der Waals surface area contributed by atoms with Gasteiger partial charge in [0.05, 0.1) is 22.1 Å². The lowest BCUT2D eigenvalue weighted by Gasteiger charge is -2.12. The Labute approximate surface area is 221 Å². The fourth-order valence-electron chi connectivity index (χ4n) is 4.17. The van der Waals surface area contributed by atoms with E-state index in [0.717, 1.165) is 16.7 Å². The summed E-state index contributed by atoms with van der Waals surface area (Å²) in [6.45, 7) is 0. The molecule has 0 saturated carbocycles. The Hall–Kier alpha value is -3.74. The number of aromatic nitrogens is 3. The maximum Gasteiger partial charge on any atom is 0.333 e. The molecule has 0 saturated heterocycles. The Bertz CT molecular complexity index is 2000. The number of carbonyl (C=O) groups excluding carboxylic acids is 1. The first-order chi connectivity index (χ1) is 17.5. The third-order valence-corrected chi connectivity index (χ3v) is 7.88. The number of aryl methyl sites for hydroxylation is 1. The molecule has 3 aromatic carbocycles. The quantitative estimate of drug-likeness (QED) is 0.322. The van der Waals surface area contributed by atoms with Crippen molar-refractivity contribution in [3.63, 3.8) is 0 Å². The molecule has 1 amide bonds. The average molecular weight is 606 g/mol. The number of H-pyrrole nitrogens is 1. The van der Waals surface area contributed by atoms with Crippen LogP contribution in [0.1, 0.15) is 10.5 Å². The summed E-state index contributed by atoms with van der Waals surface area (Å²) in [5, 5.41) is 0.661. The van der Waals surface area contributed by atoms with Crippen molar-refractivity contribution in [1.29, 1.82) is 0 Å². The Morgan fingerprint density at radius 2 is 1.78 bits per heavy atom. The number of benzene rings is 3. The normalized spacial score (nSPS) is 11.8. The van der Waals surface area contributed by atoms with Gasteiger partial charge in [0.15, 0.2) is 0 Å². The molecule has 2 heterocycles. The first kappa shape index (κ1) is 24.9. The highest BCUT2D eigenvalue weighted by Crippen LogP contribution is 2.31. The topological polar surface area (TPSA) is 123 Å². The SMILES string of the molecule is Cn1c(C(=O)NS(=O)(=O)c2ccc(Br)cc2F)c(-n2c(=O)[nH]c3ccccc3c2=O)c2cc(Cl)ccc21. The zero-order valence-corrected chi connectivity index (χ0v) is 21.9. The van der Waals surface area contributed by atoms with Gasteiger partial charge in [0.25, 0.3) is 21.5 Å². The van der Waals surface area contributed by atoms with Gasteiger partial charge in [0.2, 0.25) is 0 Å². The molecule has 9 nitrogen and oxygen atoms in total. The Morgan fingerprint density at radius 3 is 2.51 bits per heavy atom. The van der Waals surface area contributed by atoms with Gasteiger partial charge < -0.3 is 9.55 Å². The lowest BCUT2D eigenvalue weighted by Crippen LogP contribution is -2.37. The molecule has 188 valence electrons. The molecular weight excluding hydrogens is 591 g/mol. The summed E-state index contributed by atoms with van der Waals surface area (Å²) in [5.74, 6) is -2.27. The van der Waals surface area contributed by atoms with Crippen molar-refractivity contribution in [2.24, 2.45) is 7.05 Å². The number of fused-ring (bicyclic) bond motifs is 2. The maximum atomic E-state index is 14.4. The van der Waals surface area contributed by atoms with Crippen molar-refractivity contribution in [2.75, 3.05) is 0 Å². The zero-order valence-electron chi connectivity index (χ0n) is 18.8. The van der Waals surface area contributed by atoms with Crippen LogP contribution in [-0.4, -0.2) is 28.4 Å². The van der Waals surface area contributed by atoms with Crippen LogP contribution < -0.4 is 16.0 Å². The molecule has 2 N–H and O–H groups in total. The Morgan fingerprint density at radius 1 is 1.05 bits per heavy atom. The number of nitrogens with zero attached hydrogens (tertiary/aromatic N) is 2. The minimum absolute atomic E-state index is 0.164. The molecule has 5 rings (SSSR count). The molecule has 0 aliphatic carbocycles. The van der Waals surface area contributed by atoms with E-state index in [4.69, 9.17) is 11.6 Å². The standard InChI is InChI=1S/C24H15BrClFN4O5S/c1-30-18-8-7-13(26)11-15(18)20(31-23(33)14-4-2-3-5-17(14)28-24(31)34)21(30)22(32)29-37(35,36)19-9-6-12(25)10-16(19)27/h2-11H,1H3,(H,28,34)(H,29,32). The number of nitrogens with one attached hydrogen (secondary N) is 2. The van der Waals surface area contributed by atoms with Crippen LogP contribution in [0, 0.1) is 5.82 Å². The largest absolute Gasteiger partial charge is 0.338 e. The molecule has 13 heteroatoms. The minimum Gasteiger partial charge on any atom is -0.338 e. The molecular formula is C24H15BrClFN4O5S. The van der Waals surface area contributed by atoms with Crippen LogP contribution in [0.4, 0.5) is 4.39 Å². The predicted octanol–water partition coefficient (Wildman–Crippen LogP) is 3.84. The number of hydrogen-bond acceptors (Lipinski definition) is 5. The second-order valence-electron chi connectivity index (χ2n) is 8.04. The monoisotopic (exact) mass is 604 g/mol. The molecule has 0 bridgehead atoms. The van der Waals surface area contributed by atoms with Gasteiger partial charge in [0.1, 0.15) is 16.4 Å². The summed E-state index contributed by atoms with van der Waals surface area (Å²) in [5.41, 5.74) is -1.43. The summed E-state index contributed by atoms with van der Waals surface area (Å²) in [4.78, 5) is 41.9. The van der Waals surface area contributed by atoms with Crippen LogP contribution in [0.15, 0.2) is 79.6 Å². The zero-order chi connectivity index (χ0) is 26.6. The maximum absolute atomic E-state index is 14.4. The molecule has 0 fully saturated rings. The van der Waals surface area contributed by atoms with Crippen molar-refractivity contribution in [3.05, 3.63) is 103 Å². The van der Waals surface area contributed by atoms with Crippen molar-refractivity contribution >= 4 is 65.3 Å². The second kappa shape index (κ2) is 8.98. The third-order valence-electron chi connectivity index (χ3n) is 5.79. The molecule has 0 atom stereocenters. The summed E-state index contributed by atoms with van der Waals surface area (Å²) in [7, 11) is -3.22. The molecule has 0 aliphatic rings. The Balaban J connectivity index is 1.78.